The molecule has 0 atom stereocenters. The molecule has 0 saturated heterocycles. The number of fused-ring (bicyclic) bond motifs is 1. The maximum absolute atomic E-state index is 12.7. The molecule has 0 spiro atoms. The minimum Gasteiger partial charge on any atom is -0.289 e. The molecular formula is C19H13NO. The molecule has 0 amide bonds. The van der Waals surface area contributed by atoms with Crippen LogP contribution in [0.5, 0.6) is 0 Å². The Kier molecular flexibility index (Phi) is 3.25. The lowest BCUT2D eigenvalue weighted by Gasteiger charge is -2.10. The van der Waals surface area contributed by atoms with Crippen LogP contribution in [0.15, 0.2) is 60.7 Å². The molecule has 3 rings (SSSR count). The number of ketones is 1. The van der Waals surface area contributed by atoms with Crippen LogP contribution in [0.25, 0.3) is 10.8 Å². The van der Waals surface area contributed by atoms with E-state index in [0.717, 1.165) is 16.3 Å². The molecule has 21 heavy (non-hydrogen) atoms. The fourth-order valence-electron chi connectivity index (χ4n) is 2.57. The quantitative estimate of drug-likeness (QED) is 0.654. The van der Waals surface area contributed by atoms with Gasteiger partial charge in [-0.05, 0) is 29.3 Å². The van der Waals surface area contributed by atoms with E-state index in [1.807, 2.05) is 49.4 Å². The standard InChI is InChI=1S/C19H13NO/c1-13-15(12-20)11-18(17-10-6-5-9-16(13)17)19(21)14-7-3-2-4-8-14/h2-11H,1H3. The topological polar surface area (TPSA) is 40.9 Å². The van der Waals surface area contributed by atoms with Crippen LogP contribution in [0.4, 0.5) is 0 Å². The Balaban J connectivity index is 2.31. The first-order valence-electron chi connectivity index (χ1n) is 6.74. The highest BCUT2D eigenvalue weighted by molar-refractivity contribution is 6.17. The van der Waals surface area contributed by atoms with Crippen molar-refractivity contribution < 1.29 is 4.79 Å². The Labute approximate surface area is 123 Å². The first kappa shape index (κ1) is 13.1. The maximum atomic E-state index is 12.7. The SMILES string of the molecule is Cc1c(C#N)cc(C(=O)c2ccccc2)c2ccccc12. The molecule has 0 bridgehead atoms. The van der Waals surface area contributed by atoms with Gasteiger partial charge < -0.3 is 0 Å². The first-order valence-corrected chi connectivity index (χ1v) is 6.74. The number of nitriles is 1. The van der Waals surface area contributed by atoms with Gasteiger partial charge in [0.2, 0.25) is 0 Å². The van der Waals surface area contributed by atoms with Gasteiger partial charge >= 0.3 is 0 Å². The Morgan fingerprint density at radius 2 is 1.57 bits per heavy atom. The molecule has 0 N–H and O–H groups in total. The van der Waals surface area contributed by atoms with Gasteiger partial charge in [-0.2, -0.15) is 5.26 Å². The first-order chi connectivity index (χ1) is 10.2. The van der Waals surface area contributed by atoms with Crippen LogP contribution in [-0.4, -0.2) is 5.78 Å². The van der Waals surface area contributed by atoms with Crippen LogP contribution in [0.2, 0.25) is 0 Å². The highest BCUT2D eigenvalue weighted by Crippen LogP contribution is 2.27. The second-order valence-electron chi connectivity index (χ2n) is 4.95. The molecule has 0 aliphatic carbocycles. The number of rotatable bonds is 2. The summed E-state index contributed by atoms with van der Waals surface area (Å²) >= 11 is 0. The van der Waals surface area contributed by atoms with Crippen molar-refractivity contribution in [2.75, 3.05) is 0 Å². The summed E-state index contributed by atoms with van der Waals surface area (Å²) in [6.45, 7) is 1.91. The summed E-state index contributed by atoms with van der Waals surface area (Å²) in [5.74, 6) is -0.0525. The lowest BCUT2D eigenvalue weighted by Crippen LogP contribution is -2.04. The van der Waals surface area contributed by atoms with Gasteiger partial charge in [0, 0.05) is 11.1 Å². The monoisotopic (exact) mass is 271 g/mol. The summed E-state index contributed by atoms with van der Waals surface area (Å²) in [5.41, 5.74) is 2.68. The van der Waals surface area contributed by atoms with E-state index in [-0.39, 0.29) is 5.78 Å². The van der Waals surface area contributed by atoms with Crippen molar-refractivity contribution in [2.45, 2.75) is 6.92 Å². The minimum atomic E-state index is -0.0525. The van der Waals surface area contributed by atoms with Gasteiger partial charge in [-0.1, -0.05) is 54.6 Å². The van der Waals surface area contributed by atoms with Gasteiger partial charge in [0.15, 0.2) is 5.78 Å². The fourth-order valence-corrected chi connectivity index (χ4v) is 2.57. The number of carbonyl (C=O) groups excluding carboxylic acids is 1. The van der Waals surface area contributed by atoms with Crippen molar-refractivity contribution in [2.24, 2.45) is 0 Å². The molecule has 0 fully saturated rings. The third-order valence-electron chi connectivity index (χ3n) is 3.71. The lowest BCUT2D eigenvalue weighted by molar-refractivity contribution is 0.104. The third kappa shape index (κ3) is 2.19. The minimum absolute atomic E-state index is 0.0525. The molecule has 3 aromatic carbocycles. The van der Waals surface area contributed by atoms with Gasteiger partial charge in [-0.3, -0.25) is 4.79 Å². The molecule has 3 aromatic rings. The van der Waals surface area contributed by atoms with Gasteiger partial charge in [-0.15, -0.1) is 0 Å². The van der Waals surface area contributed by atoms with E-state index < -0.39 is 0 Å². The molecule has 100 valence electrons. The van der Waals surface area contributed by atoms with Crippen LogP contribution in [0.1, 0.15) is 27.0 Å². The van der Waals surface area contributed by atoms with Crippen LogP contribution >= 0.6 is 0 Å². The molecule has 0 aliphatic heterocycles. The summed E-state index contributed by atoms with van der Waals surface area (Å²) in [6, 6.07) is 20.8. The Hall–Kier alpha value is -2.92. The zero-order valence-corrected chi connectivity index (χ0v) is 11.6. The fraction of sp³-hybridized carbons (Fsp3) is 0.0526. The van der Waals surface area contributed by atoms with Crippen molar-refractivity contribution in [3.05, 3.63) is 82.9 Å². The van der Waals surface area contributed by atoms with Crippen molar-refractivity contribution >= 4 is 16.6 Å². The molecule has 0 heterocycles. The normalized spacial score (nSPS) is 10.3. The van der Waals surface area contributed by atoms with Crippen LogP contribution < -0.4 is 0 Å². The highest BCUT2D eigenvalue weighted by atomic mass is 16.1. The largest absolute Gasteiger partial charge is 0.289 e. The highest BCUT2D eigenvalue weighted by Gasteiger charge is 2.15. The molecule has 0 radical (unpaired) electrons. The number of hydrogen-bond acceptors (Lipinski definition) is 2. The van der Waals surface area contributed by atoms with Gasteiger partial charge in [-0.25, -0.2) is 0 Å². The van der Waals surface area contributed by atoms with E-state index >= 15 is 0 Å². The number of benzene rings is 3. The number of hydrogen-bond donors (Lipinski definition) is 0. The van der Waals surface area contributed by atoms with Crippen LogP contribution in [-0.2, 0) is 0 Å². The lowest BCUT2D eigenvalue weighted by atomic mass is 9.92. The molecule has 0 aliphatic rings. The molecule has 0 unspecified atom stereocenters. The zero-order chi connectivity index (χ0) is 14.8. The van der Waals surface area contributed by atoms with E-state index in [0.29, 0.717) is 16.7 Å². The van der Waals surface area contributed by atoms with Crippen molar-refractivity contribution in [3.63, 3.8) is 0 Å². The van der Waals surface area contributed by atoms with E-state index in [1.165, 1.54) is 0 Å². The summed E-state index contributed by atoms with van der Waals surface area (Å²) in [7, 11) is 0. The third-order valence-corrected chi connectivity index (χ3v) is 3.71. The number of aryl methyl sites for hydroxylation is 1. The van der Waals surface area contributed by atoms with Crippen molar-refractivity contribution in [1.82, 2.24) is 0 Å². The number of nitrogens with zero attached hydrogens (tertiary/aromatic N) is 1. The number of carbonyl (C=O) groups is 1. The molecule has 2 heteroatoms. The van der Waals surface area contributed by atoms with Gasteiger partial charge in [0.05, 0.1) is 11.6 Å². The summed E-state index contributed by atoms with van der Waals surface area (Å²) in [5, 5.41) is 11.1. The average molecular weight is 271 g/mol. The summed E-state index contributed by atoms with van der Waals surface area (Å²) < 4.78 is 0. The predicted octanol–water partition coefficient (Wildman–Crippen LogP) is 4.25. The Morgan fingerprint density at radius 1 is 0.952 bits per heavy atom. The Bertz CT molecular complexity index is 873. The molecule has 2 nitrogen and oxygen atoms in total. The summed E-state index contributed by atoms with van der Waals surface area (Å²) in [6.07, 6.45) is 0. The second-order valence-corrected chi connectivity index (χ2v) is 4.95. The van der Waals surface area contributed by atoms with E-state index in [9.17, 15) is 10.1 Å². The van der Waals surface area contributed by atoms with E-state index in [2.05, 4.69) is 6.07 Å². The van der Waals surface area contributed by atoms with E-state index in [4.69, 9.17) is 0 Å². The molecular weight excluding hydrogens is 258 g/mol. The smallest absolute Gasteiger partial charge is 0.193 e. The van der Waals surface area contributed by atoms with Crippen molar-refractivity contribution in [1.29, 1.82) is 5.26 Å². The molecule has 0 saturated carbocycles. The van der Waals surface area contributed by atoms with Crippen molar-refractivity contribution in [3.8, 4) is 6.07 Å². The summed E-state index contributed by atoms with van der Waals surface area (Å²) in [4.78, 5) is 12.7. The zero-order valence-electron chi connectivity index (χ0n) is 11.6. The maximum Gasteiger partial charge on any atom is 0.193 e. The van der Waals surface area contributed by atoms with Gasteiger partial charge in [0.1, 0.15) is 0 Å². The van der Waals surface area contributed by atoms with Crippen LogP contribution in [0.3, 0.4) is 0 Å². The predicted molar refractivity (Wildman–Crippen MR) is 83.3 cm³/mol. The second kappa shape index (κ2) is 5.22. The van der Waals surface area contributed by atoms with Gasteiger partial charge in [0.25, 0.3) is 0 Å². The Morgan fingerprint density at radius 3 is 2.24 bits per heavy atom. The average Bonchev–Trinajstić information content (AvgIpc) is 2.56. The van der Waals surface area contributed by atoms with Crippen LogP contribution in [0, 0.1) is 18.3 Å². The van der Waals surface area contributed by atoms with E-state index in [1.54, 1.807) is 18.2 Å². The molecule has 0 aromatic heterocycles.